The van der Waals surface area contributed by atoms with Crippen LogP contribution in [0.25, 0.3) is 20.9 Å². The minimum atomic E-state index is -2.98. The number of pyridine rings is 2. The molecule has 17 nitrogen and oxygen atoms in total. The highest BCUT2D eigenvalue weighted by Crippen LogP contribution is 2.40. The Morgan fingerprint density at radius 1 is 0.826 bits per heavy atom. The number of aryl methyl sites for hydroxylation is 2. The van der Waals surface area contributed by atoms with E-state index in [4.69, 9.17) is 4.74 Å². The zero-order chi connectivity index (χ0) is 49.5. The van der Waals surface area contributed by atoms with E-state index in [1.807, 2.05) is 51.7 Å². The smallest absolute Gasteiger partial charge is 0.280 e. The molecule has 3 saturated heterocycles. The van der Waals surface area contributed by atoms with Crippen molar-refractivity contribution >= 4 is 57.9 Å². The molecule has 0 bridgehead atoms. The molecule has 3 aliphatic heterocycles. The van der Waals surface area contributed by atoms with E-state index in [-0.39, 0.29) is 70.5 Å². The molecule has 7 heterocycles. The maximum Gasteiger partial charge on any atom is 0.280 e. The quantitative estimate of drug-likeness (QED) is 0.0901. The van der Waals surface area contributed by atoms with Crippen LogP contribution in [-0.4, -0.2) is 144 Å². The average molecular weight is 993 g/mol. The molecule has 372 valence electrons. The van der Waals surface area contributed by atoms with Gasteiger partial charge in [0.15, 0.2) is 10.0 Å². The van der Waals surface area contributed by atoms with Gasteiger partial charge in [-0.1, -0.05) is 0 Å². The maximum atomic E-state index is 14.1. The van der Waals surface area contributed by atoms with Crippen LogP contribution in [0.3, 0.4) is 0 Å². The minimum Gasteiger partial charge on any atom is -0.393 e. The summed E-state index contributed by atoms with van der Waals surface area (Å²) >= 11 is 2.23. The molecule has 5 fully saturated rings. The monoisotopic (exact) mass is 992 g/mol. The van der Waals surface area contributed by atoms with Crippen molar-refractivity contribution < 1.29 is 42.9 Å². The summed E-state index contributed by atoms with van der Waals surface area (Å²) in [7, 11) is 0. The Kier molecular flexibility index (Phi) is 14.7. The number of halogens is 2. The standard InChI is InChI=1S/C25H31F2N5O4S.C23H31N5O3S/c1-13-7-18(31-24(3)5-4-6-24)28-9-15(13)20-19(23(35)32-12-25(26,27)8-14(32)2)30-22(37-20)21(34)29-16-10-36-11-17(16)33;1-12(2)25-18-8-13(3)17(11-24-18)20-19(23(31)28-7-5-6-14(28)4)27-22(32-20)21(30)26-15-9-16(29)10-15/h7,9,14,16-17,33H,4-6,8,10-12H2,1-3H3,(H,28,31)(H,29,34);8,11-12,14-16,29H,5-7,9-10H2,1-4H3,(H,24,25)(H,26,30)/t14-,16+,17-;14-,15?,16?/m00/s1. The molecule has 0 spiro atoms. The van der Waals surface area contributed by atoms with Crippen LogP contribution >= 0.6 is 22.7 Å². The van der Waals surface area contributed by atoms with Crippen LogP contribution in [-0.2, 0) is 4.74 Å². The number of carbonyl (C=O) groups excluding carboxylic acids is 4. The lowest BCUT2D eigenvalue weighted by Crippen LogP contribution is -2.46. The molecule has 2 aliphatic carbocycles. The third-order valence-electron chi connectivity index (χ3n) is 13.5. The van der Waals surface area contributed by atoms with Crippen LogP contribution in [0.15, 0.2) is 24.5 Å². The molecule has 0 radical (unpaired) electrons. The number of carbonyl (C=O) groups is 4. The van der Waals surface area contributed by atoms with Gasteiger partial charge in [0.2, 0.25) is 0 Å². The summed E-state index contributed by atoms with van der Waals surface area (Å²) in [5.41, 5.74) is 3.45. The summed E-state index contributed by atoms with van der Waals surface area (Å²) < 4.78 is 33.4. The van der Waals surface area contributed by atoms with Gasteiger partial charge in [0.25, 0.3) is 29.6 Å². The lowest BCUT2D eigenvalue weighted by atomic mass is 9.78. The van der Waals surface area contributed by atoms with Gasteiger partial charge in [-0.3, -0.25) is 19.2 Å². The molecular weight excluding hydrogens is 931 g/mol. The number of thiazole rings is 2. The number of aromatic nitrogens is 4. The Balaban J connectivity index is 0.000000188. The van der Waals surface area contributed by atoms with E-state index in [9.17, 15) is 38.2 Å². The topological polar surface area (TPSA) is 224 Å². The van der Waals surface area contributed by atoms with E-state index in [2.05, 4.69) is 48.1 Å². The molecule has 4 atom stereocenters. The van der Waals surface area contributed by atoms with Crippen molar-refractivity contribution in [3.63, 3.8) is 0 Å². The first-order valence-electron chi connectivity index (χ1n) is 23.7. The molecule has 4 aromatic heterocycles. The second-order valence-corrected chi connectivity index (χ2v) is 21.8. The number of amides is 4. The Morgan fingerprint density at radius 2 is 1.41 bits per heavy atom. The molecule has 21 heteroatoms. The van der Waals surface area contributed by atoms with Crippen molar-refractivity contribution in [3.8, 4) is 20.9 Å². The van der Waals surface area contributed by atoms with Crippen LogP contribution in [0, 0.1) is 13.8 Å². The van der Waals surface area contributed by atoms with E-state index < -0.39 is 48.9 Å². The molecule has 6 N–H and O–H groups in total. The molecular formula is C48H62F2N10O7S2. The van der Waals surface area contributed by atoms with Crippen LogP contribution < -0.4 is 21.3 Å². The third kappa shape index (κ3) is 11.2. The number of ether oxygens (including phenoxy) is 1. The SMILES string of the molecule is Cc1cc(NC(C)C)ncc1-c1sc(C(=O)NC2CC(O)C2)nc1C(=O)N1CCC[C@@H]1C.Cc1cc(NC2(C)CCC2)ncc1-c1sc(C(=O)N[C@@H]2COC[C@@H]2O)nc1C(=O)N1CC(F)(F)C[C@@H]1C. The van der Waals surface area contributed by atoms with Crippen molar-refractivity contribution in [2.45, 2.75) is 154 Å². The zero-order valence-electron chi connectivity index (χ0n) is 40.0. The molecule has 69 heavy (non-hydrogen) atoms. The summed E-state index contributed by atoms with van der Waals surface area (Å²) in [5.74, 6) is -3.15. The van der Waals surface area contributed by atoms with Crippen LogP contribution in [0.4, 0.5) is 20.4 Å². The van der Waals surface area contributed by atoms with Crippen molar-refractivity contribution in [2.75, 3.05) is 36.9 Å². The Morgan fingerprint density at radius 3 is 1.88 bits per heavy atom. The molecule has 9 rings (SSSR count). The summed E-state index contributed by atoms with van der Waals surface area (Å²) in [6.07, 6.45) is 8.07. The first-order valence-corrected chi connectivity index (χ1v) is 25.4. The number of nitrogens with zero attached hydrogens (tertiary/aromatic N) is 6. The molecule has 0 unspecified atom stereocenters. The second kappa shape index (κ2) is 20.2. The van der Waals surface area contributed by atoms with Gasteiger partial charge in [0.1, 0.15) is 23.0 Å². The number of hydrogen-bond acceptors (Lipinski definition) is 15. The van der Waals surface area contributed by atoms with Gasteiger partial charge in [0, 0.05) is 66.2 Å². The lowest BCUT2D eigenvalue weighted by Gasteiger charge is -2.39. The van der Waals surface area contributed by atoms with Gasteiger partial charge in [-0.05, 0) is 117 Å². The Hall–Kier alpha value is -5.22. The molecule has 0 aromatic carbocycles. The molecule has 4 aromatic rings. The number of likely N-dealkylation sites (tertiary alicyclic amines) is 2. The maximum absolute atomic E-state index is 14.1. The second-order valence-electron chi connectivity index (χ2n) is 19.8. The number of rotatable bonds is 12. The fourth-order valence-electron chi connectivity index (χ4n) is 9.32. The number of aliphatic hydroxyl groups is 2. The van der Waals surface area contributed by atoms with Crippen molar-refractivity contribution in [1.82, 2.24) is 40.4 Å². The van der Waals surface area contributed by atoms with Gasteiger partial charge in [0.05, 0.1) is 47.8 Å². The number of nitrogens with one attached hydrogen (secondary N) is 4. The number of alkyl halides is 2. The predicted molar refractivity (Wildman–Crippen MR) is 259 cm³/mol. The van der Waals surface area contributed by atoms with E-state index in [1.54, 1.807) is 19.3 Å². The Labute approximate surface area is 408 Å². The fourth-order valence-corrected chi connectivity index (χ4v) is 11.4. The fraction of sp³-hybridized carbons (Fsp3) is 0.583. The highest BCUT2D eigenvalue weighted by Gasteiger charge is 2.46. The lowest BCUT2D eigenvalue weighted by molar-refractivity contribution is 0.0117. The first kappa shape index (κ1) is 50.2. The summed E-state index contributed by atoms with van der Waals surface area (Å²) in [4.78, 5) is 74.7. The van der Waals surface area contributed by atoms with Crippen LogP contribution in [0.5, 0.6) is 0 Å². The number of aliphatic hydroxyl groups excluding tert-OH is 2. The molecule has 5 aliphatic rings. The van der Waals surface area contributed by atoms with E-state index in [0.717, 1.165) is 70.8 Å². The Bertz CT molecular complexity index is 2580. The van der Waals surface area contributed by atoms with Gasteiger partial charge in [-0.25, -0.2) is 28.7 Å². The van der Waals surface area contributed by atoms with Crippen LogP contribution in [0.1, 0.15) is 138 Å². The number of anilines is 2. The van der Waals surface area contributed by atoms with Gasteiger partial charge in [-0.15, -0.1) is 22.7 Å². The van der Waals surface area contributed by atoms with Crippen LogP contribution in [0.2, 0.25) is 0 Å². The highest BCUT2D eigenvalue weighted by molar-refractivity contribution is 7.17. The summed E-state index contributed by atoms with van der Waals surface area (Å²) in [6.45, 7) is 14.0. The normalized spacial score (nSPS) is 24.5. The van der Waals surface area contributed by atoms with Gasteiger partial charge in [-0.2, -0.15) is 0 Å². The zero-order valence-corrected chi connectivity index (χ0v) is 41.7. The molecule has 2 saturated carbocycles. The first-order chi connectivity index (χ1) is 32.7. The number of hydrogen-bond donors (Lipinski definition) is 6. The largest absolute Gasteiger partial charge is 0.393 e. The highest BCUT2D eigenvalue weighted by atomic mass is 32.1. The van der Waals surface area contributed by atoms with Gasteiger partial charge < -0.3 is 46.0 Å². The van der Waals surface area contributed by atoms with E-state index in [0.29, 0.717) is 46.2 Å². The van der Waals surface area contributed by atoms with Crippen molar-refractivity contribution in [3.05, 3.63) is 57.1 Å². The summed E-state index contributed by atoms with van der Waals surface area (Å²) in [6, 6.07) is 2.93. The average Bonchev–Trinajstić information content (AvgIpc) is 4.11. The predicted octanol–water partition coefficient (Wildman–Crippen LogP) is 6.44. The van der Waals surface area contributed by atoms with E-state index >= 15 is 0 Å². The molecule has 4 amide bonds. The summed E-state index contributed by atoms with van der Waals surface area (Å²) in [5, 5.41) is 32.1. The van der Waals surface area contributed by atoms with Crippen molar-refractivity contribution in [2.24, 2.45) is 0 Å². The van der Waals surface area contributed by atoms with Crippen molar-refractivity contribution in [1.29, 1.82) is 0 Å². The minimum absolute atomic E-state index is 0.000333. The van der Waals surface area contributed by atoms with E-state index in [1.165, 1.54) is 11.3 Å². The van der Waals surface area contributed by atoms with Gasteiger partial charge >= 0.3 is 0 Å². The third-order valence-corrected chi connectivity index (χ3v) is 15.7.